The summed E-state index contributed by atoms with van der Waals surface area (Å²) in [7, 11) is 0. The summed E-state index contributed by atoms with van der Waals surface area (Å²) in [4.78, 5) is 20.9. The molecule has 32 heavy (non-hydrogen) atoms. The van der Waals surface area contributed by atoms with Crippen molar-refractivity contribution in [1.29, 1.82) is 0 Å². The van der Waals surface area contributed by atoms with Gasteiger partial charge in [-0.2, -0.15) is 13.2 Å². The lowest BCUT2D eigenvalue weighted by atomic mass is 10.1. The van der Waals surface area contributed by atoms with Gasteiger partial charge in [-0.25, -0.2) is 4.98 Å². The molecule has 4 rings (SSSR count). The van der Waals surface area contributed by atoms with Gasteiger partial charge in [0.25, 0.3) is 5.91 Å². The van der Waals surface area contributed by atoms with Crippen molar-refractivity contribution in [3.05, 3.63) is 70.2 Å². The molecule has 2 aromatic carbocycles. The quantitative estimate of drug-likeness (QED) is 0.560. The highest BCUT2D eigenvalue weighted by Crippen LogP contribution is 2.32. The minimum atomic E-state index is -4.37. The third-order valence-electron chi connectivity index (χ3n) is 5.45. The Morgan fingerprint density at radius 1 is 1.06 bits per heavy atom. The molecule has 0 atom stereocenters. The molecular weight excluding hydrogens is 437 g/mol. The number of nitrogens with one attached hydrogen (secondary N) is 1. The fourth-order valence-electron chi connectivity index (χ4n) is 3.71. The summed E-state index contributed by atoms with van der Waals surface area (Å²) in [6, 6.07) is 11.4. The van der Waals surface area contributed by atoms with E-state index in [1.807, 2.05) is 30.9 Å². The smallest absolute Gasteiger partial charge is 0.368 e. The summed E-state index contributed by atoms with van der Waals surface area (Å²) in [6.45, 7) is 5.82. The van der Waals surface area contributed by atoms with E-state index in [1.165, 1.54) is 23.0 Å². The average molecular weight is 461 g/mol. The van der Waals surface area contributed by atoms with Crippen LogP contribution in [0, 0.1) is 13.8 Å². The summed E-state index contributed by atoms with van der Waals surface area (Å²) in [5.41, 5.74) is 3.43. The lowest BCUT2D eigenvalue weighted by molar-refractivity contribution is -0.137. The molecule has 0 radical (unpaired) electrons. The zero-order chi connectivity index (χ0) is 22.9. The van der Waals surface area contributed by atoms with Gasteiger partial charge in [-0.15, -0.1) is 11.3 Å². The van der Waals surface area contributed by atoms with Crippen molar-refractivity contribution in [1.82, 2.24) is 9.88 Å². The number of hydrogen-bond acceptors (Lipinski definition) is 5. The molecule has 1 aromatic heterocycles. The Morgan fingerprint density at radius 3 is 2.50 bits per heavy atom. The number of aromatic nitrogens is 1. The second-order valence-electron chi connectivity index (χ2n) is 7.81. The molecule has 0 unspecified atom stereocenters. The van der Waals surface area contributed by atoms with Crippen molar-refractivity contribution >= 4 is 33.8 Å². The van der Waals surface area contributed by atoms with Gasteiger partial charge in [0, 0.05) is 42.9 Å². The maximum absolute atomic E-state index is 13.0. The van der Waals surface area contributed by atoms with Gasteiger partial charge in [0.05, 0.1) is 5.56 Å². The fraction of sp³-hybridized carbons (Fsp3) is 0.304. The lowest BCUT2D eigenvalue weighted by Gasteiger charge is -2.36. The monoisotopic (exact) mass is 460 g/mol. The van der Waals surface area contributed by atoms with Gasteiger partial charge >= 0.3 is 6.18 Å². The Morgan fingerprint density at radius 2 is 1.81 bits per heavy atom. The first-order valence-corrected chi connectivity index (χ1v) is 11.1. The van der Waals surface area contributed by atoms with Crippen LogP contribution in [0.2, 0.25) is 0 Å². The lowest BCUT2D eigenvalue weighted by Crippen LogP contribution is -2.48. The molecule has 168 valence electrons. The third kappa shape index (κ3) is 4.88. The number of halogens is 3. The molecule has 0 spiro atoms. The zero-order valence-electron chi connectivity index (χ0n) is 17.7. The van der Waals surface area contributed by atoms with Gasteiger partial charge in [-0.05, 0) is 43.7 Å². The number of carbonyl (C=O) groups is 1. The number of thiazole rings is 1. The number of amides is 1. The molecule has 1 fully saturated rings. The molecule has 1 N–H and O–H groups in total. The van der Waals surface area contributed by atoms with Crippen molar-refractivity contribution in [2.24, 2.45) is 0 Å². The molecule has 3 aromatic rings. The number of hydrogen-bond donors (Lipinski definition) is 1. The van der Waals surface area contributed by atoms with Crippen LogP contribution in [0.3, 0.4) is 0 Å². The standard InChI is InChI=1S/C23H23F3N4OS/c1-15-6-7-19(16(2)12-15)27-22-28-20(14-32-22)21(31)30-10-8-29(9-11-30)18-5-3-4-17(13-18)23(24,25)26/h3-7,12-14H,8-11H2,1-2H3,(H,27,28). The number of nitrogens with zero attached hydrogens (tertiary/aromatic N) is 3. The van der Waals surface area contributed by atoms with Crippen LogP contribution in [0.15, 0.2) is 47.8 Å². The summed E-state index contributed by atoms with van der Waals surface area (Å²) < 4.78 is 39.0. The van der Waals surface area contributed by atoms with E-state index < -0.39 is 11.7 Å². The van der Waals surface area contributed by atoms with Crippen molar-refractivity contribution < 1.29 is 18.0 Å². The maximum Gasteiger partial charge on any atom is 0.416 e. The van der Waals surface area contributed by atoms with Crippen LogP contribution in [0.1, 0.15) is 27.2 Å². The van der Waals surface area contributed by atoms with E-state index in [2.05, 4.69) is 16.4 Å². The van der Waals surface area contributed by atoms with E-state index in [1.54, 1.807) is 16.3 Å². The van der Waals surface area contributed by atoms with Crippen molar-refractivity contribution in [2.45, 2.75) is 20.0 Å². The van der Waals surface area contributed by atoms with Crippen LogP contribution in [-0.4, -0.2) is 42.0 Å². The van der Waals surface area contributed by atoms with Gasteiger partial charge in [0.2, 0.25) is 0 Å². The molecule has 5 nitrogen and oxygen atoms in total. The van der Waals surface area contributed by atoms with E-state index >= 15 is 0 Å². The van der Waals surface area contributed by atoms with E-state index in [-0.39, 0.29) is 5.91 Å². The second-order valence-corrected chi connectivity index (χ2v) is 8.67. The molecule has 0 saturated carbocycles. The van der Waals surface area contributed by atoms with Gasteiger partial charge in [0.1, 0.15) is 5.69 Å². The van der Waals surface area contributed by atoms with Gasteiger partial charge < -0.3 is 15.1 Å². The van der Waals surface area contributed by atoms with Gasteiger partial charge in [0.15, 0.2) is 5.13 Å². The van der Waals surface area contributed by atoms with Crippen LogP contribution >= 0.6 is 11.3 Å². The van der Waals surface area contributed by atoms with Crippen LogP contribution in [0.5, 0.6) is 0 Å². The molecule has 1 aliphatic heterocycles. The largest absolute Gasteiger partial charge is 0.416 e. The predicted octanol–water partition coefficient (Wildman–Crippen LogP) is 5.48. The molecule has 1 amide bonds. The molecule has 9 heteroatoms. The first-order valence-electron chi connectivity index (χ1n) is 10.2. The molecular formula is C23H23F3N4OS. The Hall–Kier alpha value is -3.07. The van der Waals surface area contributed by atoms with E-state index in [9.17, 15) is 18.0 Å². The first kappa shape index (κ1) is 22.1. The summed E-state index contributed by atoms with van der Waals surface area (Å²) in [5.74, 6) is -0.168. The normalized spacial score (nSPS) is 14.5. The van der Waals surface area contributed by atoms with Crippen LogP contribution in [0.4, 0.5) is 29.7 Å². The Labute approximate surface area is 188 Å². The van der Waals surface area contributed by atoms with E-state index in [4.69, 9.17) is 0 Å². The zero-order valence-corrected chi connectivity index (χ0v) is 18.6. The first-order chi connectivity index (χ1) is 15.2. The van der Waals surface area contributed by atoms with Crippen LogP contribution in [-0.2, 0) is 6.18 Å². The second kappa shape index (κ2) is 8.82. The molecule has 0 aliphatic carbocycles. The number of benzene rings is 2. The number of rotatable bonds is 4. The third-order valence-corrected chi connectivity index (χ3v) is 6.21. The number of carbonyl (C=O) groups excluding carboxylic acids is 1. The van der Waals surface area contributed by atoms with Crippen molar-refractivity contribution in [3.8, 4) is 0 Å². The van der Waals surface area contributed by atoms with E-state index in [0.29, 0.717) is 42.7 Å². The van der Waals surface area contributed by atoms with E-state index in [0.717, 1.165) is 23.4 Å². The summed E-state index contributed by atoms with van der Waals surface area (Å²) in [5, 5.41) is 5.63. The highest BCUT2D eigenvalue weighted by molar-refractivity contribution is 7.14. The summed E-state index contributed by atoms with van der Waals surface area (Å²) in [6.07, 6.45) is -4.37. The number of aryl methyl sites for hydroxylation is 2. The molecule has 1 saturated heterocycles. The topological polar surface area (TPSA) is 48.5 Å². The minimum absolute atomic E-state index is 0.168. The molecule has 0 bridgehead atoms. The minimum Gasteiger partial charge on any atom is -0.368 e. The van der Waals surface area contributed by atoms with Crippen molar-refractivity contribution in [3.63, 3.8) is 0 Å². The highest BCUT2D eigenvalue weighted by atomic mass is 32.1. The Kier molecular flexibility index (Phi) is 6.10. The summed E-state index contributed by atoms with van der Waals surface area (Å²) >= 11 is 1.36. The Bertz CT molecular complexity index is 1120. The maximum atomic E-state index is 13.0. The number of piperazine rings is 1. The van der Waals surface area contributed by atoms with Crippen LogP contribution in [0.25, 0.3) is 0 Å². The van der Waals surface area contributed by atoms with Gasteiger partial charge in [-0.3, -0.25) is 4.79 Å². The number of alkyl halides is 3. The molecule has 1 aliphatic rings. The van der Waals surface area contributed by atoms with Crippen LogP contribution < -0.4 is 10.2 Å². The fourth-order valence-corrected chi connectivity index (χ4v) is 4.40. The highest BCUT2D eigenvalue weighted by Gasteiger charge is 2.31. The number of anilines is 3. The Balaban J connectivity index is 1.38. The average Bonchev–Trinajstić information content (AvgIpc) is 3.23. The van der Waals surface area contributed by atoms with Crippen molar-refractivity contribution in [2.75, 3.05) is 36.4 Å². The molecule has 2 heterocycles. The van der Waals surface area contributed by atoms with Gasteiger partial charge in [-0.1, -0.05) is 23.8 Å². The SMILES string of the molecule is Cc1ccc(Nc2nc(C(=O)N3CCN(c4cccc(C(F)(F)F)c4)CC3)cs2)c(C)c1. The predicted molar refractivity (Wildman–Crippen MR) is 121 cm³/mol.